The quantitative estimate of drug-likeness (QED) is 0.687. The van der Waals surface area contributed by atoms with Crippen LogP contribution in [0, 0.1) is 11.3 Å². The number of hydrogen-bond acceptors (Lipinski definition) is 2. The van der Waals surface area contributed by atoms with E-state index in [1.165, 1.54) is 32.5 Å². The molecule has 2 heteroatoms. The van der Waals surface area contributed by atoms with Crippen molar-refractivity contribution in [2.24, 2.45) is 11.3 Å². The van der Waals surface area contributed by atoms with Crippen molar-refractivity contribution < 1.29 is 0 Å². The molecule has 1 saturated heterocycles. The summed E-state index contributed by atoms with van der Waals surface area (Å²) in [7, 11) is 0. The molecule has 13 heavy (non-hydrogen) atoms. The molecule has 0 aromatic heterocycles. The third-order valence-electron chi connectivity index (χ3n) is 3.09. The molecule has 78 valence electrons. The highest BCUT2D eigenvalue weighted by molar-refractivity contribution is 7.80. The Kier molecular flexibility index (Phi) is 4.11. The maximum Gasteiger partial charge on any atom is 0.00148 e. The first kappa shape index (κ1) is 11.4. The molecule has 1 fully saturated rings. The molecule has 0 aromatic carbocycles. The molecule has 1 rings (SSSR count). The number of piperidine rings is 1. The van der Waals surface area contributed by atoms with E-state index in [-0.39, 0.29) is 0 Å². The maximum atomic E-state index is 4.32. The highest BCUT2D eigenvalue weighted by Gasteiger charge is 2.25. The zero-order valence-electron chi connectivity index (χ0n) is 9.21. The molecule has 1 atom stereocenters. The van der Waals surface area contributed by atoms with Crippen molar-refractivity contribution in [1.82, 2.24) is 4.90 Å². The Morgan fingerprint density at radius 2 is 1.85 bits per heavy atom. The Morgan fingerprint density at radius 1 is 1.31 bits per heavy atom. The summed E-state index contributed by atoms with van der Waals surface area (Å²) in [6, 6.07) is 0. The van der Waals surface area contributed by atoms with E-state index in [0.29, 0.717) is 5.41 Å². The molecule has 0 amide bonds. The van der Waals surface area contributed by atoms with Gasteiger partial charge in [-0.2, -0.15) is 12.6 Å². The van der Waals surface area contributed by atoms with Crippen LogP contribution in [0.1, 0.15) is 33.6 Å². The summed E-state index contributed by atoms with van der Waals surface area (Å²) in [5, 5.41) is 0. The van der Waals surface area contributed by atoms with Gasteiger partial charge < -0.3 is 4.90 Å². The van der Waals surface area contributed by atoms with Gasteiger partial charge in [0.1, 0.15) is 0 Å². The van der Waals surface area contributed by atoms with Crippen molar-refractivity contribution >= 4 is 12.6 Å². The van der Waals surface area contributed by atoms with E-state index in [4.69, 9.17) is 0 Å². The molecule has 0 N–H and O–H groups in total. The standard InChI is InChI=1S/C11H23NS/c1-10(9-13)8-12-6-4-11(2,3)5-7-12/h10,13H,4-9H2,1-3H3. The Morgan fingerprint density at radius 3 is 2.31 bits per heavy atom. The van der Waals surface area contributed by atoms with Crippen molar-refractivity contribution in [3.05, 3.63) is 0 Å². The van der Waals surface area contributed by atoms with Crippen LogP contribution in [0.25, 0.3) is 0 Å². The first-order valence-electron chi connectivity index (χ1n) is 5.37. The minimum absolute atomic E-state index is 0.584. The van der Waals surface area contributed by atoms with Crippen molar-refractivity contribution in [1.29, 1.82) is 0 Å². The van der Waals surface area contributed by atoms with E-state index in [0.717, 1.165) is 11.7 Å². The predicted octanol–water partition coefficient (Wildman–Crippen LogP) is 2.67. The zero-order chi connectivity index (χ0) is 9.90. The van der Waals surface area contributed by atoms with Crippen LogP contribution in [0.3, 0.4) is 0 Å². The Hall–Kier alpha value is 0.310. The molecule has 0 aliphatic carbocycles. The van der Waals surface area contributed by atoms with E-state index >= 15 is 0 Å². The molecule has 0 bridgehead atoms. The first-order valence-corrected chi connectivity index (χ1v) is 6.00. The lowest BCUT2D eigenvalue weighted by Crippen LogP contribution is -2.39. The van der Waals surface area contributed by atoms with Crippen LogP contribution in [0.5, 0.6) is 0 Å². The highest BCUT2D eigenvalue weighted by atomic mass is 32.1. The molecule has 1 heterocycles. The van der Waals surface area contributed by atoms with Crippen LogP contribution in [-0.2, 0) is 0 Å². The summed E-state index contributed by atoms with van der Waals surface area (Å²) in [5.41, 5.74) is 0.584. The van der Waals surface area contributed by atoms with Gasteiger partial charge in [0.25, 0.3) is 0 Å². The van der Waals surface area contributed by atoms with Gasteiger partial charge in [-0.25, -0.2) is 0 Å². The van der Waals surface area contributed by atoms with Crippen LogP contribution in [0.15, 0.2) is 0 Å². The second-order valence-corrected chi connectivity index (χ2v) is 5.62. The third-order valence-corrected chi connectivity index (χ3v) is 3.71. The zero-order valence-corrected chi connectivity index (χ0v) is 10.1. The smallest absolute Gasteiger partial charge is 0.00148 e. The second kappa shape index (κ2) is 4.70. The van der Waals surface area contributed by atoms with Gasteiger partial charge >= 0.3 is 0 Å². The molecule has 0 aromatic rings. The van der Waals surface area contributed by atoms with Crippen LogP contribution in [0.2, 0.25) is 0 Å². The number of thiol groups is 1. The SMILES string of the molecule is CC(CS)CN1CCC(C)(C)CC1. The van der Waals surface area contributed by atoms with Gasteiger partial charge in [-0.3, -0.25) is 0 Å². The van der Waals surface area contributed by atoms with E-state index in [9.17, 15) is 0 Å². The highest BCUT2D eigenvalue weighted by Crippen LogP contribution is 2.29. The molecule has 1 unspecified atom stereocenters. The Bertz CT molecular complexity index is 146. The van der Waals surface area contributed by atoms with Gasteiger partial charge in [0.15, 0.2) is 0 Å². The summed E-state index contributed by atoms with van der Waals surface area (Å²) in [4.78, 5) is 2.59. The number of nitrogens with zero attached hydrogens (tertiary/aromatic N) is 1. The van der Waals surface area contributed by atoms with Gasteiger partial charge in [-0.1, -0.05) is 20.8 Å². The fraction of sp³-hybridized carbons (Fsp3) is 1.00. The summed E-state index contributed by atoms with van der Waals surface area (Å²) in [6.07, 6.45) is 2.71. The van der Waals surface area contributed by atoms with Gasteiger partial charge in [0.05, 0.1) is 0 Å². The van der Waals surface area contributed by atoms with E-state index in [1.807, 2.05) is 0 Å². The lowest BCUT2D eigenvalue weighted by Gasteiger charge is -2.37. The van der Waals surface area contributed by atoms with Gasteiger partial charge in [-0.05, 0) is 43.0 Å². The number of hydrogen-bond donors (Lipinski definition) is 1. The van der Waals surface area contributed by atoms with E-state index in [2.05, 4.69) is 38.3 Å². The molecule has 1 aliphatic rings. The van der Waals surface area contributed by atoms with Crippen molar-refractivity contribution in [3.63, 3.8) is 0 Å². The molecular weight excluding hydrogens is 178 g/mol. The Labute approximate surface area is 88.3 Å². The fourth-order valence-corrected chi connectivity index (χ4v) is 1.95. The monoisotopic (exact) mass is 201 g/mol. The topological polar surface area (TPSA) is 3.24 Å². The largest absolute Gasteiger partial charge is 0.303 e. The predicted molar refractivity (Wildman–Crippen MR) is 62.5 cm³/mol. The van der Waals surface area contributed by atoms with Gasteiger partial charge in [0, 0.05) is 6.54 Å². The van der Waals surface area contributed by atoms with Crippen molar-refractivity contribution in [2.45, 2.75) is 33.6 Å². The van der Waals surface area contributed by atoms with Crippen LogP contribution >= 0.6 is 12.6 Å². The first-order chi connectivity index (χ1) is 6.03. The van der Waals surface area contributed by atoms with E-state index < -0.39 is 0 Å². The molecule has 0 spiro atoms. The minimum Gasteiger partial charge on any atom is -0.303 e. The molecule has 0 radical (unpaired) electrons. The minimum atomic E-state index is 0.584. The normalized spacial score (nSPS) is 25.8. The summed E-state index contributed by atoms with van der Waals surface area (Å²) in [6.45, 7) is 10.8. The summed E-state index contributed by atoms with van der Waals surface area (Å²) >= 11 is 4.32. The average molecular weight is 201 g/mol. The van der Waals surface area contributed by atoms with Crippen molar-refractivity contribution in [3.8, 4) is 0 Å². The molecule has 1 nitrogen and oxygen atoms in total. The maximum absolute atomic E-state index is 4.32. The third kappa shape index (κ3) is 3.90. The Balaban J connectivity index is 2.25. The summed E-state index contributed by atoms with van der Waals surface area (Å²) in [5.74, 6) is 1.75. The number of likely N-dealkylation sites (tertiary alicyclic amines) is 1. The van der Waals surface area contributed by atoms with Gasteiger partial charge in [0.2, 0.25) is 0 Å². The lowest BCUT2D eigenvalue weighted by atomic mass is 9.82. The number of rotatable bonds is 3. The summed E-state index contributed by atoms with van der Waals surface area (Å²) < 4.78 is 0. The fourth-order valence-electron chi connectivity index (χ4n) is 1.84. The molecule has 0 saturated carbocycles. The van der Waals surface area contributed by atoms with Crippen molar-refractivity contribution in [2.75, 3.05) is 25.4 Å². The van der Waals surface area contributed by atoms with Crippen LogP contribution < -0.4 is 0 Å². The molecule has 1 aliphatic heterocycles. The van der Waals surface area contributed by atoms with Gasteiger partial charge in [-0.15, -0.1) is 0 Å². The lowest BCUT2D eigenvalue weighted by molar-refractivity contribution is 0.122. The molecular formula is C11H23NS. The van der Waals surface area contributed by atoms with Crippen LogP contribution in [-0.4, -0.2) is 30.3 Å². The second-order valence-electron chi connectivity index (χ2n) is 5.25. The average Bonchev–Trinajstić information content (AvgIpc) is 2.08. The van der Waals surface area contributed by atoms with Crippen LogP contribution in [0.4, 0.5) is 0 Å². The van der Waals surface area contributed by atoms with E-state index in [1.54, 1.807) is 0 Å².